The minimum Gasteiger partial charge on any atom is -0.388 e. The number of hydrogen-bond acceptors (Lipinski definition) is 2. The van der Waals surface area contributed by atoms with Gasteiger partial charge in [-0.15, -0.1) is 0 Å². The van der Waals surface area contributed by atoms with Gasteiger partial charge in [0.2, 0.25) is 0 Å². The number of aliphatic hydroxyl groups excluding tert-OH is 1. The van der Waals surface area contributed by atoms with Crippen molar-refractivity contribution < 1.29 is 5.11 Å². The Bertz CT molecular complexity index is 650. The van der Waals surface area contributed by atoms with E-state index < -0.39 is 0 Å². The van der Waals surface area contributed by atoms with Crippen molar-refractivity contribution >= 4 is 5.69 Å². The zero-order valence-electron chi connectivity index (χ0n) is 13.5. The second-order valence-electron chi connectivity index (χ2n) is 6.37. The van der Waals surface area contributed by atoms with Gasteiger partial charge >= 0.3 is 0 Å². The van der Waals surface area contributed by atoms with Crippen LogP contribution in [-0.4, -0.2) is 18.2 Å². The van der Waals surface area contributed by atoms with Gasteiger partial charge in [-0.05, 0) is 61.4 Å². The summed E-state index contributed by atoms with van der Waals surface area (Å²) in [6.07, 6.45) is 2.77. The Balaban J connectivity index is 1.66. The standard InChI is InChI=1S/C20H25NO/c1-15-9-10-18(14-16(15)2)20(22)11-13-21-12-5-7-17-6-3-4-8-19(17)21/h3-4,6,8-10,14,20,22H,5,7,11-13H2,1-2H3. The van der Waals surface area contributed by atoms with Crippen LogP contribution in [0, 0.1) is 13.8 Å². The molecule has 2 nitrogen and oxygen atoms in total. The fourth-order valence-electron chi connectivity index (χ4n) is 3.26. The zero-order valence-corrected chi connectivity index (χ0v) is 13.5. The monoisotopic (exact) mass is 295 g/mol. The number of nitrogens with zero attached hydrogens (tertiary/aromatic N) is 1. The Labute approximate surface area is 133 Å². The molecule has 1 atom stereocenters. The molecule has 1 N–H and O–H groups in total. The molecule has 22 heavy (non-hydrogen) atoms. The highest BCUT2D eigenvalue weighted by molar-refractivity contribution is 5.55. The summed E-state index contributed by atoms with van der Waals surface area (Å²) in [6.45, 7) is 6.21. The van der Waals surface area contributed by atoms with E-state index in [1.807, 2.05) is 0 Å². The lowest BCUT2D eigenvalue weighted by atomic mass is 9.99. The van der Waals surface area contributed by atoms with Gasteiger partial charge in [-0.3, -0.25) is 0 Å². The largest absolute Gasteiger partial charge is 0.388 e. The van der Waals surface area contributed by atoms with E-state index in [1.54, 1.807) is 0 Å². The third-order valence-electron chi connectivity index (χ3n) is 4.79. The number of para-hydroxylation sites is 1. The molecule has 0 saturated carbocycles. The second-order valence-corrected chi connectivity index (χ2v) is 6.37. The lowest BCUT2D eigenvalue weighted by molar-refractivity contribution is 0.169. The van der Waals surface area contributed by atoms with Crippen LogP contribution in [0.25, 0.3) is 0 Å². The van der Waals surface area contributed by atoms with Gasteiger partial charge in [0.15, 0.2) is 0 Å². The number of aryl methyl sites for hydroxylation is 3. The van der Waals surface area contributed by atoms with E-state index >= 15 is 0 Å². The summed E-state index contributed by atoms with van der Waals surface area (Å²) in [5, 5.41) is 10.5. The molecule has 0 amide bonds. The Hall–Kier alpha value is -1.80. The molecule has 0 fully saturated rings. The maximum absolute atomic E-state index is 10.5. The Morgan fingerprint density at radius 2 is 1.91 bits per heavy atom. The van der Waals surface area contributed by atoms with Crippen LogP contribution in [0.2, 0.25) is 0 Å². The molecule has 0 saturated heterocycles. The van der Waals surface area contributed by atoms with Gasteiger partial charge in [0.1, 0.15) is 0 Å². The molecule has 2 heteroatoms. The Morgan fingerprint density at radius 3 is 2.73 bits per heavy atom. The molecular weight excluding hydrogens is 270 g/mol. The first-order valence-corrected chi connectivity index (χ1v) is 8.23. The minimum absolute atomic E-state index is 0.381. The summed E-state index contributed by atoms with van der Waals surface area (Å²) >= 11 is 0. The molecule has 2 aromatic rings. The van der Waals surface area contributed by atoms with Gasteiger partial charge in [0.25, 0.3) is 0 Å². The summed E-state index contributed by atoms with van der Waals surface area (Å²) < 4.78 is 0. The molecule has 1 aliphatic heterocycles. The van der Waals surface area contributed by atoms with Crippen LogP contribution in [0.1, 0.15) is 41.2 Å². The van der Waals surface area contributed by atoms with Crippen molar-refractivity contribution in [1.82, 2.24) is 0 Å². The van der Waals surface area contributed by atoms with E-state index in [2.05, 4.69) is 61.2 Å². The van der Waals surface area contributed by atoms with Crippen molar-refractivity contribution in [2.75, 3.05) is 18.0 Å². The zero-order chi connectivity index (χ0) is 15.5. The fourth-order valence-corrected chi connectivity index (χ4v) is 3.26. The number of rotatable bonds is 4. The summed E-state index contributed by atoms with van der Waals surface area (Å²) in [5.41, 5.74) is 6.35. The highest BCUT2D eigenvalue weighted by Gasteiger charge is 2.17. The Morgan fingerprint density at radius 1 is 1.09 bits per heavy atom. The van der Waals surface area contributed by atoms with E-state index in [-0.39, 0.29) is 6.10 Å². The predicted octanol–water partition coefficient (Wildman–Crippen LogP) is 4.18. The molecule has 1 unspecified atom stereocenters. The first-order valence-electron chi connectivity index (χ1n) is 8.23. The average molecular weight is 295 g/mol. The van der Waals surface area contributed by atoms with Crippen LogP contribution in [0.5, 0.6) is 0 Å². The average Bonchev–Trinajstić information content (AvgIpc) is 2.55. The summed E-state index contributed by atoms with van der Waals surface area (Å²) in [4.78, 5) is 2.42. The normalized spacial score (nSPS) is 15.5. The van der Waals surface area contributed by atoms with Crippen molar-refractivity contribution in [3.8, 4) is 0 Å². The predicted molar refractivity (Wildman–Crippen MR) is 92.5 cm³/mol. The van der Waals surface area contributed by atoms with E-state index in [1.165, 1.54) is 35.2 Å². The lowest BCUT2D eigenvalue weighted by Crippen LogP contribution is -2.31. The van der Waals surface area contributed by atoms with Crippen LogP contribution in [0.15, 0.2) is 42.5 Å². The number of fused-ring (bicyclic) bond motifs is 1. The molecule has 0 aromatic heterocycles. The number of anilines is 1. The van der Waals surface area contributed by atoms with Crippen LogP contribution in [-0.2, 0) is 6.42 Å². The highest BCUT2D eigenvalue weighted by Crippen LogP contribution is 2.28. The van der Waals surface area contributed by atoms with Crippen molar-refractivity contribution in [2.45, 2.75) is 39.2 Å². The van der Waals surface area contributed by atoms with Crippen LogP contribution < -0.4 is 4.90 Å². The van der Waals surface area contributed by atoms with Crippen LogP contribution in [0.3, 0.4) is 0 Å². The maximum Gasteiger partial charge on any atom is 0.0807 e. The van der Waals surface area contributed by atoms with E-state index in [4.69, 9.17) is 0 Å². The lowest BCUT2D eigenvalue weighted by Gasteiger charge is -2.32. The van der Waals surface area contributed by atoms with Gasteiger partial charge in [0, 0.05) is 18.8 Å². The second kappa shape index (κ2) is 6.53. The maximum atomic E-state index is 10.5. The third kappa shape index (κ3) is 3.17. The summed E-state index contributed by atoms with van der Waals surface area (Å²) in [7, 11) is 0. The van der Waals surface area contributed by atoms with Crippen molar-refractivity contribution in [3.63, 3.8) is 0 Å². The highest BCUT2D eigenvalue weighted by atomic mass is 16.3. The van der Waals surface area contributed by atoms with Gasteiger partial charge in [0.05, 0.1) is 6.10 Å². The molecule has 116 valence electrons. The molecule has 0 radical (unpaired) electrons. The van der Waals surface area contributed by atoms with Crippen molar-refractivity contribution in [2.24, 2.45) is 0 Å². The SMILES string of the molecule is Cc1ccc(C(O)CCN2CCCc3ccccc32)cc1C. The minimum atomic E-state index is -0.381. The summed E-state index contributed by atoms with van der Waals surface area (Å²) in [6, 6.07) is 14.9. The Kier molecular flexibility index (Phi) is 4.49. The molecular formula is C20H25NO. The van der Waals surface area contributed by atoms with Gasteiger partial charge in [-0.2, -0.15) is 0 Å². The molecule has 0 bridgehead atoms. The smallest absolute Gasteiger partial charge is 0.0807 e. The van der Waals surface area contributed by atoms with E-state index in [0.717, 1.165) is 25.1 Å². The van der Waals surface area contributed by atoms with Crippen LogP contribution in [0.4, 0.5) is 5.69 Å². The molecule has 2 aromatic carbocycles. The summed E-state index contributed by atoms with van der Waals surface area (Å²) in [5.74, 6) is 0. The quantitative estimate of drug-likeness (QED) is 0.914. The number of benzene rings is 2. The number of hydrogen-bond donors (Lipinski definition) is 1. The molecule has 1 heterocycles. The topological polar surface area (TPSA) is 23.5 Å². The molecule has 1 aliphatic rings. The fraction of sp³-hybridized carbons (Fsp3) is 0.400. The van der Waals surface area contributed by atoms with Crippen molar-refractivity contribution in [1.29, 1.82) is 0 Å². The first kappa shape index (κ1) is 15.1. The third-order valence-corrected chi connectivity index (χ3v) is 4.79. The van der Waals surface area contributed by atoms with Crippen LogP contribution >= 0.6 is 0 Å². The van der Waals surface area contributed by atoms with Crippen molar-refractivity contribution in [3.05, 3.63) is 64.7 Å². The number of aliphatic hydroxyl groups is 1. The van der Waals surface area contributed by atoms with E-state index in [0.29, 0.717) is 0 Å². The van der Waals surface area contributed by atoms with Gasteiger partial charge in [-0.1, -0.05) is 36.4 Å². The molecule has 3 rings (SSSR count). The van der Waals surface area contributed by atoms with E-state index in [9.17, 15) is 5.11 Å². The van der Waals surface area contributed by atoms with Gasteiger partial charge in [-0.25, -0.2) is 0 Å². The molecule has 0 aliphatic carbocycles. The van der Waals surface area contributed by atoms with Gasteiger partial charge < -0.3 is 10.0 Å². The molecule has 0 spiro atoms. The first-order chi connectivity index (χ1) is 10.6.